The van der Waals surface area contributed by atoms with Gasteiger partial charge in [0.2, 0.25) is 0 Å². The van der Waals surface area contributed by atoms with Crippen molar-refractivity contribution in [2.75, 3.05) is 19.5 Å². The molecule has 3 rings (SSSR count). The maximum atomic E-state index is 12.6. The maximum Gasteiger partial charge on any atom is 0.257 e. The van der Waals surface area contributed by atoms with Crippen LogP contribution in [0.15, 0.2) is 60.8 Å². The van der Waals surface area contributed by atoms with E-state index in [9.17, 15) is 4.79 Å². The van der Waals surface area contributed by atoms with Gasteiger partial charge in [-0.05, 0) is 54.8 Å². The molecule has 0 aliphatic carbocycles. The summed E-state index contributed by atoms with van der Waals surface area (Å²) in [5, 5.41) is 2.92. The second-order valence-electron chi connectivity index (χ2n) is 6.72. The highest BCUT2D eigenvalue weighted by Gasteiger charge is 2.14. The second-order valence-corrected chi connectivity index (χ2v) is 6.72. The largest absolute Gasteiger partial charge is 0.496 e. The monoisotopic (exact) mass is 390 g/mol. The smallest absolute Gasteiger partial charge is 0.257 e. The lowest BCUT2D eigenvalue weighted by Crippen LogP contribution is -2.12. The highest BCUT2D eigenvalue weighted by Crippen LogP contribution is 2.37. The van der Waals surface area contributed by atoms with Crippen molar-refractivity contribution in [2.45, 2.75) is 26.2 Å². The lowest BCUT2D eigenvalue weighted by molar-refractivity contribution is 0.102. The Morgan fingerprint density at radius 2 is 1.66 bits per heavy atom. The zero-order valence-electron chi connectivity index (χ0n) is 17.1. The van der Waals surface area contributed by atoms with Gasteiger partial charge in [-0.3, -0.25) is 9.78 Å². The molecule has 5 heteroatoms. The molecule has 29 heavy (non-hydrogen) atoms. The van der Waals surface area contributed by atoms with Gasteiger partial charge in [0.25, 0.3) is 5.91 Å². The van der Waals surface area contributed by atoms with Crippen LogP contribution in [-0.4, -0.2) is 25.1 Å². The molecule has 1 heterocycles. The zero-order chi connectivity index (χ0) is 20.6. The van der Waals surface area contributed by atoms with Crippen molar-refractivity contribution in [2.24, 2.45) is 0 Å². The summed E-state index contributed by atoms with van der Waals surface area (Å²) in [6.07, 6.45) is 4.96. The van der Waals surface area contributed by atoms with Gasteiger partial charge >= 0.3 is 0 Å². The molecular formula is C24H26N2O3. The van der Waals surface area contributed by atoms with Crippen LogP contribution < -0.4 is 14.8 Å². The van der Waals surface area contributed by atoms with Crippen LogP contribution in [0.25, 0.3) is 11.3 Å². The van der Waals surface area contributed by atoms with Crippen LogP contribution in [0, 0.1) is 0 Å². The first-order valence-electron chi connectivity index (χ1n) is 9.74. The SMILES string of the molecule is CCCCc1ccc(NC(=O)c2ccc(-c3c(OC)cccc3OC)nc2)cc1. The Bertz CT molecular complexity index is 929. The molecule has 1 N–H and O–H groups in total. The number of unbranched alkanes of at least 4 members (excludes halogenated alkanes) is 1. The molecule has 0 aliphatic heterocycles. The molecule has 0 atom stereocenters. The van der Waals surface area contributed by atoms with E-state index in [1.54, 1.807) is 32.5 Å². The summed E-state index contributed by atoms with van der Waals surface area (Å²) in [6.45, 7) is 2.18. The van der Waals surface area contributed by atoms with E-state index >= 15 is 0 Å². The van der Waals surface area contributed by atoms with E-state index in [-0.39, 0.29) is 5.91 Å². The Morgan fingerprint density at radius 1 is 0.966 bits per heavy atom. The predicted octanol–water partition coefficient (Wildman–Crippen LogP) is 5.36. The minimum absolute atomic E-state index is 0.197. The standard InChI is InChI=1S/C24H26N2O3/c1-4-5-7-17-10-13-19(14-11-17)26-24(27)18-12-15-20(25-16-18)23-21(28-2)8-6-9-22(23)29-3/h6,8-16H,4-5,7H2,1-3H3,(H,26,27). The molecule has 1 amide bonds. The Morgan fingerprint density at radius 3 is 2.21 bits per heavy atom. The summed E-state index contributed by atoms with van der Waals surface area (Å²) in [7, 11) is 3.21. The van der Waals surface area contributed by atoms with Gasteiger partial charge in [0, 0.05) is 11.9 Å². The van der Waals surface area contributed by atoms with Crippen molar-refractivity contribution in [3.8, 4) is 22.8 Å². The first-order valence-corrected chi connectivity index (χ1v) is 9.74. The highest BCUT2D eigenvalue weighted by molar-refractivity contribution is 6.04. The van der Waals surface area contributed by atoms with E-state index in [1.165, 1.54) is 18.4 Å². The van der Waals surface area contributed by atoms with Gasteiger partial charge in [0.1, 0.15) is 11.5 Å². The number of aryl methyl sites for hydroxylation is 1. The molecule has 0 radical (unpaired) electrons. The minimum Gasteiger partial charge on any atom is -0.496 e. The number of methoxy groups -OCH3 is 2. The third kappa shape index (κ3) is 4.93. The number of aromatic nitrogens is 1. The zero-order valence-corrected chi connectivity index (χ0v) is 17.1. The van der Waals surface area contributed by atoms with Gasteiger partial charge < -0.3 is 14.8 Å². The quantitative estimate of drug-likeness (QED) is 0.562. The van der Waals surface area contributed by atoms with Crippen molar-refractivity contribution in [3.05, 3.63) is 71.9 Å². The number of carbonyl (C=O) groups excluding carboxylic acids is 1. The van der Waals surface area contributed by atoms with Crippen LogP contribution >= 0.6 is 0 Å². The lowest BCUT2D eigenvalue weighted by atomic mass is 10.1. The van der Waals surface area contributed by atoms with Crippen LogP contribution in [-0.2, 0) is 6.42 Å². The summed E-state index contributed by atoms with van der Waals surface area (Å²) in [5.41, 5.74) is 3.97. The molecule has 0 bridgehead atoms. The van der Waals surface area contributed by atoms with Crippen molar-refractivity contribution >= 4 is 11.6 Å². The molecule has 1 aromatic heterocycles. The molecular weight excluding hydrogens is 364 g/mol. The van der Waals surface area contributed by atoms with Crippen molar-refractivity contribution in [1.82, 2.24) is 4.98 Å². The average molecular weight is 390 g/mol. The van der Waals surface area contributed by atoms with Crippen LogP contribution in [0.4, 0.5) is 5.69 Å². The van der Waals surface area contributed by atoms with Gasteiger partial charge in [0.05, 0.1) is 31.0 Å². The molecule has 150 valence electrons. The van der Waals surface area contributed by atoms with E-state index in [2.05, 4.69) is 29.4 Å². The number of amides is 1. The fraction of sp³-hybridized carbons (Fsp3) is 0.250. The molecule has 2 aromatic carbocycles. The van der Waals surface area contributed by atoms with E-state index < -0.39 is 0 Å². The summed E-state index contributed by atoms with van der Waals surface area (Å²) in [6, 6.07) is 17.1. The summed E-state index contributed by atoms with van der Waals surface area (Å²) >= 11 is 0. The first kappa shape index (κ1) is 20.4. The molecule has 0 saturated carbocycles. The van der Waals surface area contributed by atoms with Gasteiger partial charge in [-0.2, -0.15) is 0 Å². The highest BCUT2D eigenvalue weighted by atomic mass is 16.5. The van der Waals surface area contributed by atoms with E-state index in [0.29, 0.717) is 22.8 Å². The van der Waals surface area contributed by atoms with Gasteiger partial charge in [-0.25, -0.2) is 0 Å². The number of nitrogens with one attached hydrogen (secondary N) is 1. The number of hydrogen-bond donors (Lipinski definition) is 1. The Labute approximate surface area is 171 Å². The minimum atomic E-state index is -0.197. The maximum absolute atomic E-state index is 12.6. The number of hydrogen-bond acceptors (Lipinski definition) is 4. The summed E-state index contributed by atoms with van der Waals surface area (Å²) < 4.78 is 10.9. The molecule has 0 unspecified atom stereocenters. The molecule has 5 nitrogen and oxygen atoms in total. The van der Waals surface area contributed by atoms with Crippen molar-refractivity contribution in [3.63, 3.8) is 0 Å². The van der Waals surface area contributed by atoms with Gasteiger partial charge in [-0.1, -0.05) is 31.5 Å². The van der Waals surface area contributed by atoms with Crippen LogP contribution in [0.2, 0.25) is 0 Å². The van der Waals surface area contributed by atoms with Gasteiger partial charge in [-0.15, -0.1) is 0 Å². The predicted molar refractivity (Wildman–Crippen MR) is 116 cm³/mol. The number of pyridine rings is 1. The third-order valence-corrected chi connectivity index (χ3v) is 4.74. The fourth-order valence-corrected chi connectivity index (χ4v) is 3.12. The topological polar surface area (TPSA) is 60.5 Å². The molecule has 0 saturated heterocycles. The molecule has 0 spiro atoms. The Hall–Kier alpha value is -3.34. The number of anilines is 1. The number of ether oxygens (including phenoxy) is 2. The summed E-state index contributed by atoms with van der Waals surface area (Å²) in [5.74, 6) is 1.13. The molecule has 0 aliphatic rings. The van der Waals surface area contributed by atoms with E-state index in [4.69, 9.17) is 9.47 Å². The number of nitrogens with zero attached hydrogens (tertiary/aromatic N) is 1. The second kappa shape index (κ2) is 9.73. The molecule has 3 aromatic rings. The fourth-order valence-electron chi connectivity index (χ4n) is 3.12. The summed E-state index contributed by atoms with van der Waals surface area (Å²) in [4.78, 5) is 17.0. The number of benzene rings is 2. The third-order valence-electron chi connectivity index (χ3n) is 4.74. The Balaban J connectivity index is 1.74. The number of carbonyl (C=O) groups is 1. The van der Waals surface area contributed by atoms with Crippen LogP contribution in [0.5, 0.6) is 11.5 Å². The van der Waals surface area contributed by atoms with E-state index in [0.717, 1.165) is 17.7 Å². The lowest BCUT2D eigenvalue weighted by Gasteiger charge is -2.13. The Kier molecular flexibility index (Phi) is 6.85. The number of rotatable bonds is 8. The average Bonchev–Trinajstić information content (AvgIpc) is 2.78. The normalized spacial score (nSPS) is 10.4. The van der Waals surface area contributed by atoms with Crippen LogP contribution in [0.1, 0.15) is 35.7 Å². The van der Waals surface area contributed by atoms with Gasteiger partial charge in [0.15, 0.2) is 0 Å². The molecule has 0 fully saturated rings. The van der Waals surface area contributed by atoms with E-state index in [1.807, 2.05) is 30.3 Å². The first-order chi connectivity index (χ1) is 14.2. The van der Waals surface area contributed by atoms with Crippen molar-refractivity contribution in [1.29, 1.82) is 0 Å². The van der Waals surface area contributed by atoms with Crippen LogP contribution in [0.3, 0.4) is 0 Å². The van der Waals surface area contributed by atoms with Crippen molar-refractivity contribution < 1.29 is 14.3 Å².